The van der Waals surface area contributed by atoms with Crippen LogP contribution in [0.4, 0.5) is 9.52 Å². The van der Waals surface area contributed by atoms with Crippen molar-refractivity contribution in [1.29, 1.82) is 0 Å². The smallest absolute Gasteiger partial charge is 0.274 e. The number of nitrogens with zero attached hydrogens (tertiary/aromatic N) is 3. The molecule has 1 aromatic heterocycles. The van der Waals surface area contributed by atoms with Crippen LogP contribution in [0, 0.1) is 18.2 Å². The van der Waals surface area contributed by atoms with Gasteiger partial charge in [-0.15, -0.1) is 0 Å². The van der Waals surface area contributed by atoms with Crippen LogP contribution in [0.15, 0.2) is 24.3 Å². The van der Waals surface area contributed by atoms with Crippen molar-refractivity contribution in [3.8, 4) is 10.4 Å². The molecular formula is C22H26FN4O2S. The van der Waals surface area contributed by atoms with E-state index in [-0.39, 0.29) is 17.6 Å². The van der Waals surface area contributed by atoms with E-state index in [2.05, 4.69) is 11.9 Å². The molecule has 159 valence electrons. The summed E-state index contributed by atoms with van der Waals surface area (Å²) in [4.78, 5) is 34.7. The van der Waals surface area contributed by atoms with Gasteiger partial charge in [-0.25, -0.2) is 9.37 Å². The summed E-state index contributed by atoms with van der Waals surface area (Å²) in [7, 11) is 0. The third-order valence-electron chi connectivity index (χ3n) is 6.59. The Morgan fingerprint density at radius 2 is 2.07 bits per heavy atom. The summed E-state index contributed by atoms with van der Waals surface area (Å²) in [5, 5.41) is 0.677. The lowest BCUT2D eigenvalue weighted by Gasteiger charge is -2.37. The van der Waals surface area contributed by atoms with Gasteiger partial charge in [-0.3, -0.25) is 9.59 Å². The Bertz CT molecular complexity index is 989. The van der Waals surface area contributed by atoms with E-state index in [4.69, 9.17) is 5.73 Å². The van der Waals surface area contributed by atoms with Gasteiger partial charge in [0.05, 0.1) is 10.3 Å². The molecule has 2 aliphatic rings. The number of hydrogen-bond acceptors (Lipinski definition) is 5. The maximum absolute atomic E-state index is 14.6. The molecule has 1 radical (unpaired) electrons. The summed E-state index contributed by atoms with van der Waals surface area (Å²) in [6, 6.07) is 5.76. The molecule has 2 amide bonds. The number of carbonyl (C=O) groups is 2. The van der Waals surface area contributed by atoms with E-state index >= 15 is 0 Å². The van der Waals surface area contributed by atoms with Crippen molar-refractivity contribution in [3.05, 3.63) is 42.7 Å². The number of piperidine rings is 1. The lowest BCUT2D eigenvalue weighted by atomic mass is 9.80. The second-order valence-electron chi connectivity index (χ2n) is 7.97. The fourth-order valence-corrected chi connectivity index (χ4v) is 6.05. The first-order chi connectivity index (χ1) is 14.3. The molecule has 6 nitrogen and oxygen atoms in total. The molecule has 0 unspecified atom stereocenters. The van der Waals surface area contributed by atoms with Gasteiger partial charge in [0.2, 0.25) is 5.91 Å². The predicted molar refractivity (Wildman–Crippen MR) is 116 cm³/mol. The SMILES string of the molecule is [CH2][C@H]1N(C(=O)c2nc(N(CC)CC)sc2-c2ccccc2F)[C@H]2CC[C@@]1(C(N)=O)C2. The van der Waals surface area contributed by atoms with Crippen LogP contribution >= 0.6 is 11.3 Å². The highest BCUT2D eigenvalue weighted by Gasteiger charge is 2.60. The first kappa shape index (κ1) is 20.8. The van der Waals surface area contributed by atoms with Gasteiger partial charge in [0.15, 0.2) is 5.13 Å². The van der Waals surface area contributed by atoms with E-state index < -0.39 is 23.2 Å². The molecule has 4 rings (SSSR count). The summed E-state index contributed by atoms with van der Waals surface area (Å²) in [6.07, 6.45) is 1.89. The van der Waals surface area contributed by atoms with Crippen LogP contribution in [-0.2, 0) is 4.79 Å². The number of anilines is 1. The average Bonchev–Trinajstić information content (AvgIpc) is 3.42. The summed E-state index contributed by atoms with van der Waals surface area (Å²) in [5.74, 6) is -1.11. The van der Waals surface area contributed by atoms with E-state index in [1.807, 2.05) is 18.7 Å². The third kappa shape index (κ3) is 3.00. The topological polar surface area (TPSA) is 79.5 Å². The molecule has 2 fully saturated rings. The molecule has 1 aliphatic carbocycles. The Balaban J connectivity index is 1.79. The zero-order valence-corrected chi connectivity index (χ0v) is 18.0. The Morgan fingerprint density at radius 1 is 1.37 bits per heavy atom. The van der Waals surface area contributed by atoms with E-state index in [0.29, 0.717) is 34.8 Å². The molecule has 1 aromatic carbocycles. The van der Waals surface area contributed by atoms with Crippen LogP contribution in [0.3, 0.4) is 0 Å². The number of nitrogens with two attached hydrogens (primary N) is 1. The minimum absolute atomic E-state index is 0.0976. The maximum Gasteiger partial charge on any atom is 0.274 e. The summed E-state index contributed by atoms with van der Waals surface area (Å²) in [6.45, 7) is 9.60. The van der Waals surface area contributed by atoms with Gasteiger partial charge in [-0.05, 0) is 46.1 Å². The van der Waals surface area contributed by atoms with Crippen molar-refractivity contribution in [1.82, 2.24) is 9.88 Å². The van der Waals surface area contributed by atoms with Crippen LogP contribution in [-0.4, -0.2) is 46.9 Å². The fourth-order valence-electron chi connectivity index (χ4n) is 4.84. The molecule has 3 atom stereocenters. The Kier molecular flexibility index (Phi) is 5.30. The largest absolute Gasteiger partial charge is 0.369 e. The van der Waals surface area contributed by atoms with Gasteiger partial charge in [-0.1, -0.05) is 29.5 Å². The molecule has 1 saturated carbocycles. The summed E-state index contributed by atoms with van der Waals surface area (Å²) in [5.41, 5.74) is 5.48. The van der Waals surface area contributed by atoms with Crippen molar-refractivity contribution in [2.45, 2.75) is 45.2 Å². The monoisotopic (exact) mass is 429 g/mol. The summed E-state index contributed by atoms with van der Waals surface area (Å²) < 4.78 is 14.6. The second-order valence-corrected chi connectivity index (χ2v) is 8.95. The number of amides is 2. The van der Waals surface area contributed by atoms with Gasteiger partial charge in [0.25, 0.3) is 5.91 Å². The molecule has 2 aromatic rings. The minimum Gasteiger partial charge on any atom is -0.369 e. The number of likely N-dealkylation sites (tertiary alicyclic amines) is 1. The van der Waals surface area contributed by atoms with E-state index in [1.165, 1.54) is 17.4 Å². The number of aromatic nitrogens is 1. The van der Waals surface area contributed by atoms with Crippen molar-refractivity contribution >= 4 is 28.3 Å². The Hall–Kier alpha value is -2.48. The number of carbonyl (C=O) groups excluding carboxylic acids is 2. The molecule has 0 spiro atoms. The van der Waals surface area contributed by atoms with Crippen molar-refractivity contribution in [2.24, 2.45) is 11.1 Å². The van der Waals surface area contributed by atoms with Crippen LogP contribution in [0.2, 0.25) is 0 Å². The number of rotatable bonds is 6. The van der Waals surface area contributed by atoms with Gasteiger partial charge >= 0.3 is 0 Å². The Morgan fingerprint density at radius 3 is 2.67 bits per heavy atom. The Labute approximate surface area is 179 Å². The van der Waals surface area contributed by atoms with Gasteiger partial charge < -0.3 is 15.5 Å². The fraction of sp³-hybridized carbons (Fsp3) is 0.455. The highest BCUT2D eigenvalue weighted by Crippen LogP contribution is 2.52. The molecule has 2 N–H and O–H groups in total. The highest BCUT2D eigenvalue weighted by atomic mass is 32.1. The number of fused-ring (bicyclic) bond motifs is 2. The highest BCUT2D eigenvalue weighted by molar-refractivity contribution is 7.19. The zero-order valence-electron chi connectivity index (χ0n) is 17.2. The van der Waals surface area contributed by atoms with Crippen LogP contribution < -0.4 is 10.6 Å². The van der Waals surface area contributed by atoms with Crippen molar-refractivity contribution < 1.29 is 14.0 Å². The third-order valence-corrected chi connectivity index (χ3v) is 7.74. The van der Waals surface area contributed by atoms with Crippen molar-refractivity contribution in [3.63, 3.8) is 0 Å². The standard InChI is InChI=1S/C22H26FN4O2S/c1-4-26(5-2)21-25-17(18(30-21)15-8-6-7-9-16(15)23)19(28)27-13(3)22(20(24)29)11-10-14(27)12-22/h6-9,13-14H,3-5,10-12H2,1-2H3,(H2,24,29)/t13-,14+,22-/m1/s1. The van der Waals surface area contributed by atoms with Crippen LogP contribution in [0.5, 0.6) is 0 Å². The number of primary amides is 1. The number of benzene rings is 1. The lowest BCUT2D eigenvalue weighted by molar-refractivity contribution is -0.128. The molecule has 30 heavy (non-hydrogen) atoms. The normalized spacial score (nSPS) is 25.0. The molecule has 2 heterocycles. The molecule has 1 saturated heterocycles. The summed E-state index contributed by atoms with van der Waals surface area (Å²) >= 11 is 1.31. The first-order valence-electron chi connectivity index (χ1n) is 10.3. The molecule has 2 bridgehead atoms. The van der Waals surface area contributed by atoms with Gasteiger partial charge in [0.1, 0.15) is 11.5 Å². The quantitative estimate of drug-likeness (QED) is 0.763. The first-order valence-corrected chi connectivity index (χ1v) is 11.1. The second kappa shape index (κ2) is 7.65. The average molecular weight is 430 g/mol. The van der Waals surface area contributed by atoms with Crippen LogP contribution in [0.1, 0.15) is 43.6 Å². The predicted octanol–water partition coefficient (Wildman–Crippen LogP) is 3.48. The van der Waals surface area contributed by atoms with E-state index in [1.54, 1.807) is 23.1 Å². The number of hydrogen-bond donors (Lipinski definition) is 1. The van der Waals surface area contributed by atoms with Crippen molar-refractivity contribution in [2.75, 3.05) is 18.0 Å². The van der Waals surface area contributed by atoms with Gasteiger partial charge in [0, 0.05) is 30.7 Å². The molecule has 1 aliphatic heterocycles. The van der Waals surface area contributed by atoms with Crippen LogP contribution in [0.25, 0.3) is 10.4 Å². The van der Waals surface area contributed by atoms with E-state index in [0.717, 1.165) is 13.1 Å². The van der Waals surface area contributed by atoms with Gasteiger partial charge in [-0.2, -0.15) is 0 Å². The molecular weight excluding hydrogens is 403 g/mol. The van der Waals surface area contributed by atoms with E-state index in [9.17, 15) is 14.0 Å². The lowest BCUT2D eigenvalue weighted by Crippen LogP contribution is -2.51. The molecule has 8 heteroatoms. The maximum atomic E-state index is 14.6. The number of halogens is 1. The minimum atomic E-state index is -0.782. The zero-order chi connectivity index (χ0) is 21.6. The number of thiazole rings is 1.